The van der Waals surface area contributed by atoms with Gasteiger partial charge in [0.05, 0.1) is 5.41 Å². The summed E-state index contributed by atoms with van der Waals surface area (Å²) in [6.07, 6.45) is 0. The van der Waals surface area contributed by atoms with Crippen molar-refractivity contribution in [1.82, 2.24) is 0 Å². The van der Waals surface area contributed by atoms with E-state index in [0.717, 1.165) is 0 Å². The summed E-state index contributed by atoms with van der Waals surface area (Å²) in [4.78, 5) is 0. The van der Waals surface area contributed by atoms with Crippen LogP contribution >= 0.6 is 0 Å². The van der Waals surface area contributed by atoms with Crippen molar-refractivity contribution < 1.29 is 0 Å². The summed E-state index contributed by atoms with van der Waals surface area (Å²) < 4.78 is 0. The minimum atomic E-state index is -0.383. The van der Waals surface area contributed by atoms with Gasteiger partial charge in [0, 0.05) is 0 Å². The molecule has 0 nitrogen and oxygen atoms in total. The van der Waals surface area contributed by atoms with Crippen LogP contribution in [0.25, 0.3) is 33.4 Å². The second kappa shape index (κ2) is 8.76. The SMILES string of the molecule is c1ccc(-c2ccccc2-c2cccc3c2-c2ccccc2C3(c2ccccc2)c2ccccc2)cc1. The van der Waals surface area contributed by atoms with Gasteiger partial charge in [-0.1, -0.05) is 158 Å². The molecule has 0 heterocycles. The number of hydrogen-bond donors (Lipinski definition) is 0. The van der Waals surface area contributed by atoms with Crippen LogP contribution in [-0.2, 0) is 5.41 Å². The smallest absolute Gasteiger partial charge is 0.0622 e. The first kappa shape index (κ1) is 21.6. The van der Waals surface area contributed by atoms with Crippen LogP contribution < -0.4 is 0 Å². The lowest BCUT2D eigenvalue weighted by atomic mass is 9.67. The van der Waals surface area contributed by atoms with Crippen LogP contribution in [0.3, 0.4) is 0 Å². The van der Waals surface area contributed by atoms with Gasteiger partial charge in [0.2, 0.25) is 0 Å². The van der Waals surface area contributed by atoms with Gasteiger partial charge in [0.25, 0.3) is 0 Å². The third-order valence-corrected chi connectivity index (χ3v) is 7.78. The Morgan fingerprint density at radius 2 is 0.757 bits per heavy atom. The summed E-state index contributed by atoms with van der Waals surface area (Å²) in [5, 5.41) is 0. The van der Waals surface area contributed by atoms with Crippen molar-refractivity contribution in [1.29, 1.82) is 0 Å². The Bertz CT molecular complexity index is 1660. The van der Waals surface area contributed by atoms with Crippen LogP contribution in [0.4, 0.5) is 0 Å². The Morgan fingerprint density at radius 1 is 0.297 bits per heavy atom. The van der Waals surface area contributed by atoms with E-state index in [4.69, 9.17) is 0 Å². The van der Waals surface area contributed by atoms with Gasteiger partial charge in [-0.15, -0.1) is 0 Å². The summed E-state index contributed by atoms with van der Waals surface area (Å²) in [6, 6.07) is 57.4. The quantitative estimate of drug-likeness (QED) is 0.240. The fourth-order valence-electron chi connectivity index (χ4n) is 6.31. The van der Waals surface area contributed by atoms with Crippen molar-refractivity contribution >= 4 is 0 Å². The Balaban J connectivity index is 1.60. The predicted octanol–water partition coefficient (Wildman–Crippen LogP) is 9.38. The molecular formula is C37H26. The number of benzene rings is 6. The topological polar surface area (TPSA) is 0 Å². The number of hydrogen-bond acceptors (Lipinski definition) is 0. The standard InChI is InChI=1S/C37H26/c1-4-15-27(16-5-1)30-21-10-11-22-31(30)32-24-14-26-35-36(32)33-23-12-13-25-34(33)37(35,28-17-6-2-7-18-28)29-19-8-3-9-20-29/h1-26H. The first-order valence-corrected chi connectivity index (χ1v) is 12.9. The molecule has 0 fully saturated rings. The Labute approximate surface area is 218 Å². The lowest BCUT2D eigenvalue weighted by Crippen LogP contribution is -2.28. The summed E-state index contributed by atoms with van der Waals surface area (Å²) >= 11 is 0. The average molecular weight is 471 g/mol. The summed E-state index contributed by atoms with van der Waals surface area (Å²) in [7, 11) is 0. The second-order valence-corrected chi connectivity index (χ2v) is 9.67. The van der Waals surface area contributed by atoms with Crippen LogP contribution in [0.2, 0.25) is 0 Å². The molecule has 0 aliphatic heterocycles. The molecule has 0 amide bonds. The first-order chi connectivity index (χ1) is 18.4. The van der Waals surface area contributed by atoms with Crippen molar-refractivity contribution in [3.8, 4) is 33.4 Å². The fourth-order valence-corrected chi connectivity index (χ4v) is 6.31. The van der Waals surface area contributed by atoms with Crippen molar-refractivity contribution in [2.24, 2.45) is 0 Å². The van der Waals surface area contributed by atoms with Crippen LogP contribution in [0.15, 0.2) is 158 Å². The van der Waals surface area contributed by atoms with Crippen molar-refractivity contribution in [3.05, 3.63) is 180 Å². The van der Waals surface area contributed by atoms with E-state index in [2.05, 4.69) is 158 Å². The van der Waals surface area contributed by atoms with Crippen LogP contribution in [-0.4, -0.2) is 0 Å². The van der Waals surface area contributed by atoms with E-state index in [1.165, 1.54) is 55.6 Å². The minimum Gasteiger partial charge on any atom is -0.0622 e. The Hall–Kier alpha value is -4.68. The minimum absolute atomic E-state index is 0.383. The predicted molar refractivity (Wildman–Crippen MR) is 155 cm³/mol. The van der Waals surface area contributed by atoms with Crippen LogP contribution in [0, 0.1) is 0 Å². The molecule has 0 aromatic heterocycles. The molecule has 0 radical (unpaired) electrons. The zero-order valence-electron chi connectivity index (χ0n) is 20.5. The molecule has 37 heavy (non-hydrogen) atoms. The Morgan fingerprint density at radius 3 is 1.41 bits per heavy atom. The normalized spacial score (nSPS) is 13.1. The van der Waals surface area contributed by atoms with Crippen LogP contribution in [0.1, 0.15) is 22.3 Å². The molecule has 0 spiro atoms. The molecule has 0 bridgehead atoms. The molecule has 6 aromatic carbocycles. The van der Waals surface area contributed by atoms with E-state index in [1.807, 2.05) is 0 Å². The summed E-state index contributed by atoms with van der Waals surface area (Å²) in [5.41, 5.74) is 12.5. The molecule has 0 unspecified atom stereocenters. The van der Waals surface area contributed by atoms with E-state index in [9.17, 15) is 0 Å². The van der Waals surface area contributed by atoms with Gasteiger partial charge in [-0.3, -0.25) is 0 Å². The second-order valence-electron chi connectivity index (χ2n) is 9.67. The largest absolute Gasteiger partial charge is 0.0713 e. The van der Waals surface area contributed by atoms with E-state index >= 15 is 0 Å². The van der Waals surface area contributed by atoms with E-state index < -0.39 is 0 Å². The molecule has 6 aromatic rings. The molecule has 1 aliphatic carbocycles. The van der Waals surface area contributed by atoms with Gasteiger partial charge < -0.3 is 0 Å². The van der Waals surface area contributed by atoms with E-state index in [1.54, 1.807) is 0 Å². The molecule has 0 saturated heterocycles. The molecule has 0 saturated carbocycles. The molecular weight excluding hydrogens is 444 g/mol. The number of rotatable bonds is 4. The first-order valence-electron chi connectivity index (χ1n) is 12.9. The van der Waals surface area contributed by atoms with E-state index in [0.29, 0.717) is 0 Å². The molecule has 174 valence electrons. The van der Waals surface area contributed by atoms with E-state index in [-0.39, 0.29) is 5.41 Å². The zero-order chi connectivity index (χ0) is 24.7. The maximum Gasteiger partial charge on any atom is 0.0713 e. The van der Waals surface area contributed by atoms with Gasteiger partial charge in [0.15, 0.2) is 0 Å². The third-order valence-electron chi connectivity index (χ3n) is 7.78. The van der Waals surface area contributed by atoms with Gasteiger partial charge in [-0.2, -0.15) is 0 Å². The summed E-state index contributed by atoms with van der Waals surface area (Å²) in [5.74, 6) is 0. The number of fused-ring (bicyclic) bond motifs is 3. The third kappa shape index (κ3) is 3.23. The molecule has 0 N–H and O–H groups in total. The highest BCUT2D eigenvalue weighted by Gasteiger charge is 2.46. The van der Waals surface area contributed by atoms with Gasteiger partial charge in [0.1, 0.15) is 0 Å². The maximum atomic E-state index is 2.34. The van der Waals surface area contributed by atoms with Gasteiger partial charge >= 0.3 is 0 Å². The molecule has 1 aliphatic rings. The van der Waals surface area contributed by atoms with Gasteiger partial charge in [-0.25, -0.2) is 0 Å². The average Bonchev–Trinajstić information content (AvgIpc) is 3.30. The highest BCUT2D eigenvalue weighted by atomic mass is 14.5. The highest BCUT2D eigenvalue weighted by molar-refractivity contribution is 5.98. The molecule has 7 rings (SSSR count). The molecule has 0 heteroatoms. The maximum absolute atomic E-state index is 2.34. The lowest BCUT2D eigenvalue weighted by Gasteiger charge is -2.34. The van der Waals surface area contributed by atoms with Crippen molar-refractivity contribution in [2.45, 2.75) is 5.41 Å². The highest BCUT2D eigenvalue weighted by Crippen LogP contribution is 2.58. The lowest BCUT2D eigenvalue weighted by molar-refractivity contribution is 0.768. The zero-order valence-corrected chi connectivity index (χ0v) is 20.5. The van der Waals surface area contributed by atoms with Crippen molar-refractivity contribution in [2.75, 3.05) is 0 Å². The monoisotopic (exact) mass is 470 g/mol. The van der Waals surface area contributed by atoms with Crippen LogP contribution in [0.5, 0.6) is 0 Å². The molecule has 0 atom stereocenters. The summed E-state index contributed by atoms with van der Waals surface area (Å²) in [6.45, 7) is 0. The fraction of sp³-hybridized carbons (Fsp3) is 0.0270. The Kier molecular flexibility index (Phi) is 5.11. The van der Waals surface area contributed by atoms with Crippen molar-refractivity contribution in [3.63, 3.8) is 0 Å². The van der Waals surface area contributed by atoms with Gasteiger partial charge in [-0.05, 0) is 55.6 Å².